The fourth-order valence-corrected chi connectivity index (χ4v) is 3.39. The van der Waals surface area contributed by atoms with E-state index in [0.29, 0.717) is 45.6 Å². The molecule has 2 saturated heterocycles. The minimum atomic E-state index is -0.891. The zero-order valence-electron chi connectivity index (χ0n) is 13.9. The Morgan fingerprint density at radius 1 is 1.12 bits per heavy atom. The number of piperidine rings is 1. The SMILES string of the molecule is CN(C(=O)N1CCOC2(CCN(C(=O)O)CC2)C1)c1ccccc1. The predicted octanol–water partition coefficient (Wildman–Crippen LogP) is 2.09. The van der Waals surface area contributed by atoms with Crippen molar-refractivity contribution >= 4 is 17.8 Å². The Hall–Kier alpha value is -2.28. The lowest BCUT2D eigenvalue weighted by atomic mass is 9.89. The van der Waals surface area contributed by atoms with E-state index < -0.39 is 11.7 Å². The minimum absolute atomic E-state index is 0.0514. The molecule has 1 aromatic carbocycles. The van der Waals surface area contributed by atoms with Gasteiger partial charge in [0.05, 0.1) is 18.8 Å². The third-order valence-corrected chi connectivity index (χ3v) is 4.89. The number of urea groups is 1. The molecule has 0 aromatic heterocycles. The Balaban J connectivity index is 1.65. The number of para-hydroxylation sites is 1. The molecular formula is C17H23N3O4. The smallest absolute Gasteiger partial charge is 0.407 e. The number of benzene rings is 1. The van der Waals surface area contributed by atoms with Gasteiger partial charge in [-0.05, 0) is 25.0 Å². The number of hydrogen-bond acceptors (Lipinski definition) is 3. The number of nitrogens with zero attached hydrogens (tertiary/aromatic N) is 3. The van der Waals surface area contributed by atoms with Crippen molar-refractivity contribution in [3.8, 4) is 0 Å². The lowest BCUT2D eigenvalue weighted by molar-refractivity contribution is -0.122. The highest BCUT2D eigenvalue weighted by molar-refractivity contribution is 5.91. The van der Waals surface area contributed by atoms with Crippen LogP contribution < -0.4 is 4.90 Å². The van der Waals surface area contributed by atoms with Gasteiger partial charge in [-0.25, -0.2) is 9.59 Å². The number of amides is 3. The first kappa shape index (κ1) is 16.6. The van der Waals surface area contributed by atoms with Crippen molar-refractivity contribution in [1.29, 1.82) is 0 Å². The van der Waals surface area contributed by atoms with Crippen LogP contribution in [0, 0.1) is 0 Å². The molecule has 0 saturated carbocycles. The summed E-state index contributed by atoms with van der Waals surface area (Å²) in [5.74, 6) is 0. The first-order chi connectivity index (χ1) is 11.5. The van der Waals surface area contributed by atoms with Crippen molar-refractivity contribution in [3.05, 3.63) is 30.3 Å². The van der Waals surface area contributed by atoms with E-state index in [0.717, 1.165) is 5.69 Å². The Kier molecular flexibility index (Phi) is 4.62. The molecule has 0 aliphatic carbocycles. The molecule has 130 valence electrons. The lowest BCUT2D eigenvalue weighted by Crippen LogP contribution is -2.60. The largest absolute Gasteiger partial charge is 0.465 e. The second-order valence-corrected chi connectivity index (χ2v) is 6.40. The maximum absolute atomic E-state index is 12.8. The molecule has 2 fully saturated rings. The second kappa shape index (κ2) is 6.68. The first-order valence-corrected chi connectivity index (χ1v) is 8.20. The zero-order chi connectivity index (χ0) is 17.2. The number of likely N-dealkylation sites (tertiary alicyclic amines) is 1. The topological polar surface area (TPSA) is 73.3 Å². The van der Waals surface area contributed by atoms with Crippen molar-refractivity contribution in [1.82, 2.24) is 9.80 Å². The fourth-order valence-electron chi connectivity index (χ4n) is 3.39. The number of carboxylic acid groups (broad SMARTS) is 1. The molecule has 0 atom stereocenters. The Morgan fingerprint density at radius 3 is 2.42 bits per heavy atom. The van der Waals surface area contributed by atoms with Crippen LogP contribution >= 0.6 is 0 Å². The van der Waals surface area contributed by atoms with Gasteiger partial charge in [-0.1, -0.05) is 18.2 Å². The standard InChI is InChI=1S/C17H23N3O4/c1-18(14-5-3-2-4-6-14)15(21)20-11-12-24-17(13-20)7-9-19(10-8-17)16(22)23/h2-6H,7-13H2,1H3,(H,22,23). The zero-order valence-corrected chi connectivity index (χ0v) is 13.9. The third kappa shape index (κ3) is 3.31. The molecular weight excluding hydrogens is 310 g/mol. The van der Waals surface area contributed by atoms with Gasteiger partial charge in [0.2, 0.25) is 0 Å². The molecule has 2 aliphatic heterocycles. The van der Waals surface area contributed by atoms with Crippen molar-refractivity contribution in [2.24, 2.45) is 0 Å². The maximum atomic E-state index is 12.8. The molecule has 2 aliphatic rings. The molecule has 3 amide bonds. The average Bonchev–Trinajstić information content (AvgIpc) is 2.61. The van der Waals surface area contributed by atoms with Gasteiger partial charge in [0.1, 0.15) is 0 Å². The van der Waals surface area contributed by atoms with Crippen molar-refractivity contribution in [2.75, 3.05) is 44.7 Å². The summed E-state index contributed by atoms with van der Waals surface area (Å²) in [5.41, 5.74) is 0.431. The summed E-state index contributed by atoms with van der Waals surface area (Å²) < 4.78 is 5.97. The number of carbonyl (C=O) groups excluding carboxylic acids is 1. The fraction of sp³-hybridized carbons (Fsp3) is 0.529. The average molecular weight is 333 g/mol. The normalized spacial score (nSPS) is 20.0. The summed E-state index contributed by atoms with van der Waals surface area (Å²) in [6.07, 6.45) is 0.355. The van der Waals surface area contributed by atoms with Crippen LogP contribution in [0.5, 0.6) is 0 Å². The maximum Gasteiger partial charge on any atom is 0.407 e. The summed E-state index contributed by atoms with van der Waals surface area (Å²) in [7, 11) is 1.77. The van der Waals surface area contributed by atoms with Crippen LogP contribution in [0.2, 0.25) is 0 Å². The van der Waals surface area contributed by atoms with Crippen LogP contribution in [-0.4, -0.2) is 72.5 Å². The minimum Gasteiger partial charge on any atom is -0.465 e. The molecule has 7 heteroatoms. The molecule has 0 radical (unpaired) electrons. The van der Waals surface area contributed by atoms with E-state index in [1.165, 1.54) is 4.90 Å². The van der Waals surface area contributed by atoms with E-state index in [9.17, 15) is 9.59 Å². The number of carbonyl (C=O) groups is 2. The monoisotopic (exact) mass is 333 g/mol. The van der Waals surface area contributed by atoms with Crippen LogP contribution in [0.25, 0.3) is 0 Å². The Bertz CT molecular complexity index is 599. The van der Waals surface area contributed by atoms with E-state index in [2.05, 4.69) is 0 Å². The van der Waals surface area contributed by atoms with Gasteiger partial charge < -0.3 is 19.6 Å². The Morgan fingerprint density at radius 2 is 1.79 bits per heavy atom. The molecule has 0 unspecified atom stereocenters. The van der Waals surface area contributed by atoms with Crippen LogP contribution in [0.4, 0.5) is 15.3 Å². The second-order valence-electron chi connectivity index (χ2n) is 6.40. The van der Waals surface area contributed by atoms with Crippen molar-refractivity contribution in [3.63, 3.8) is 0 Å². The van der Waals surface area contributed by atoms with E-state index in [1.807, 2.05) is 35.2 Å². The quantitative estimate of drug-likeness (QED) is 0.854. The van der Waals surface area contributed by atoms with Crippen LogP contribution in [0.1, 0.15) is 12.8 Å². The summed E-state index contributed by atoms with van der Waals surface area (Å²) in [4.78, 5) is 28.7. The Labute approximate surface area is 141 Å². The van der Waals surface area contributed by atoms with Gasteiger partial charge in [0.25, 0.3) is 0 Å². The van der Waals surface area contributed by atoms with Crippen LogP contribution in [-0.2, 0) is 4.74 Å². The van der Waals surface area contributed by atoms with Gasteiger partial charge >= 0.3 is 12.1 Å². The molecule has 1 spiro atoms. The summed E-state index contributed by atoms with van der Waals surface area (Å²) in [6.45, 7) is 2.45. The molecule has 1 aromatic rings. The van der Waals surface area contributed by atoms with E-state index in [4.69, 9.17) is 9.84 Å². The summed E-state index contributed by atoms with van der Waals surface area (Å²) in [6, 6.07) is 9.48. The molecule has 2 heterocycles. The van der Waals surface area contributed by atoms with Gasteiger partial charge in [0, 0.05) is 32.4 Å². The first-order valence-electron chi connectivity index (χ1n) is 8.20. The third-order valence-electron chi connectivity index (χ3n) is 4.89. The number of hydrogen-bond donors (Lipinski definition) is 1. The number of rotatable bonds is 1. The summed E-state index contributed by atoms with van der Waals surface area (Å²) in [5, 5.41) is 9.08. The number of morpholine rings is 1. The number of ether oxygens (including phenoxy) is 1. The highest BCUT2D eigenvalue weighted by Gasteiger charge is 2.42. The molecule has 1 N–H and O–H groups in total. The molecule has 0 bridgehead atoms. The van der Waals surface area contributed by atoms with E-state index >= 15 is 0 Å². The van der Waals surface area contributed by atoms with Crippen molar-refractivity contribution in [2.45, 2.75) is 18.4 Å². The molecule has 24 heavy (non-hydrogen) atoms. The summed E-state index contributed by atoms with van der Waals surface area (Å²) >= 11 is 0. The number of anilines is 1. The van der Waals surface area contributed by atoms with Crippen LogP contribution in [0.15, 0.2) is 30.3 Å². The highest BCUT2D eigenvalue weighted by Crippen LogP contribution is 2.31. The molecule has 7 nitrogen and oxygen atoms in total. The van der Waals surface area contributed by atoms with Gasteiger partial charge in [-0.2, -0.15) is 0 Å². The predicted molar refractivity (Wildman–Crippen MR) is 89.3 cm³/mol. The lowest BCUT2D eigenvalue weighted by Gasteiger charge is -2.47. The van der Waals surface area contributed by atoms with E-state index in [1.54, 1.807) is 11.9 Å². The van der Waals surface area contributed by atoms with Crippen LogP contribution in [0.3, 0.4) is 0 Å². The van der Waals surface area contributed by atoms with E-state index in [-0.39, 0.29) is 6.03 Å². The van der Waals surface area contributed by atoms with Gasteiger partial charge in [-0.3, -0.25) is 4.90 Å². The highest BCUT2D eigenvalue weighted by atomic mass is 16.5. The van der Waals surface area contributed by atoms with Gasteiger partial charge in [0.15, 0.2) is 0 Å². The molecule has 3 rings (SSSR count). The van der Waals surface area contributed by atoms with Gasteiger partial charge in [-0.15, -0.1) is 0 Å². The van der Waals surface area contributed by atoms with Crippen molar-refractivity contribution < 1.29 is 19.4 Å².